The number of unbranched alkanes of at least 4 members (excludes halogenated alkanes) is 2. The Hall–Kier alpha value is -4.22. The molecule has 0 spiro atoms. The van der Waals surface area contributed by atoms with E-state index in [1.807, 2.05) is 37.8 Å². The van der Waals surface area contributed by atoms with Crippen LogP contribution in [0.25, 0.3) is 0 Å². The van der Waals surface area contributed by atoms with E-state index in [9.17, 15) is 19.8 Å². The average molecular weight is 661 g/mol. The van der Waals surface area contributed by atoms with Gasteiger partial charge in [0.1, 0.15) is 18.2 Å². The zero-order chi connectivity index (χ0) is 34.4. The Bertz CT molecular complexity index is 1620. The normalized spacial score (nSPS) is 23.6. The number of aryl methyl sites for hydroxylation is 1. The van der Waals surface area contributed by atoms with Gasteiger partial charge >= 0.3 is 0 Å². The lowest BCUT2D eigenvalue weighted by Gasteiger charge is -2.36. The maximum Gasteiger partial charge on any atom is 0.256 e. The second kappa shape index (κ2) is 13.4. The molecular formula is C37H48N4O7. The molecule has 0 aliphatic carbocycles. The van der Waals surface area contributed by atoms with E-state index in [1.54, 1.807) is 41.0 Å². The van der Waals surface area contributed by atoms with Gasteiger partial charge in [-0.25, -0.2) is 0 Å². The van der Waals surface area contributed by atoms with E-state index < -0.39 is 12.5 Å². The number of nitrogens with zero attached hydrogens (tertiary/aromatic N) is 4. The molecule has 0 radical (unpaired) electrons. The number of aliphatic hydroxyl groups excluding tert-OH is 2. The quantitative estimate of drug-likeness (QED) is 0.281. The molecule has 11 nitrogen and oxygen atoms in total. The van der Waals surface area contributed by atoms with E-state index in [0.717, 1.165) is 36.0 Å². The predicted molar refractivity (Wildman–Crippen MR) is 184 cm³/mol. The summed E-state index contributed by atoms with van der Waals surface area (Å²) < 4.78 is 18.0. The Morgan fingerprint density at radius 3 is 1.92 bits per heavy atom. The number of fused-ring (bicyclic) bond motifs is 4. The molecule has 2 amide bonds. The number of hydrogen-bond acceptors (Lipinski definition) is 9. The molecule has 6 rings (SSSR count). The molecule has 48 heavy (non-hydrogen) atoms. The third-order valence-corrected chi connectivity index (χ3v) is 10.0. The summed E-state index contributed by atoms with van der Waals surface area (Å²) in [6.07, 6.45) is 1.86. The molecule has 4 aliphatic rings. The van der Waals surface area contributed by atoms with Crippen molar-refractivity contribution in [1.29, 1.82) is 0 Å². The first-order valence-electron chi connectivity index (χ1n) is 16.9. The lowest BCUT2D eigenvalue weighted by atomic mass is 10.0. The fraction of sp³-hybridized carbons (Fsp3) is 0.514. The van der Waals surface area contributed by atoms with Gasteiger partial charge < -0.3 is 44.0 Å². The number of carbonyl (C=O) groups is 2. The minimum Gasteiger partial charge on any atom is -0.493 e. The van der Waals surface area contributed by atoms with Crippen molar-refractivity contribution in [1.82, 2.24) is 9.80 Å². The first-order valence-corrected chi connectivity index (χ1v) is 16.9. The predicted octanol–water partition coefficient (Wildman–Crippen LogP) is 4.49. The van der Waals surface area contributed by atoms with E-state index >= 15 is 0 Å². The van der Waals surface area contributed by atoms with E-state index in [1.165, 1.54) is 0 Å². The number of ether oxygens (including phenoxy) is 3. The maximum absolute atomic E-state index is 13.6. The molecule has 2 saturated heterocycles. The summed E-state index contributed by atoms with van der Waals surface area (Å²) in [5.41, 5.74) is 5.08. The Labute approximate surface area is 283 Å². The maximum atomic E-state index is 13.6. The largest absolute Gasteiger partial charge is 0.493 e. The lowest BCUT2D eigenvalue weighted by molar-refractivity contribution is 0.0497. The highest BCUT2D eigenvalue weighted by Crippen LogP contribution is 2.42. The lowest BCUT2D eigenvalue weighted by Crippen LogP contribution is -2.50. The molecule has 0 bridgehead atoms. The standard InChI is InChI=1S/C37H48N4O7/c1-21(2)41-28-18-31(24(5)15-25(28)34(42)40-20-23(4)14-30(40)37(41)45)47-11-9-8-10-12-48-33-17-27-26(16-32(33)46-7)35(43)39-19-22(3)13-29(39)36(44)38(27)6/h15-18,21,29-30,36-37,44-45H,3-4,8-14,19-20H2,1-2,5-7H3/t29-,30-,36-,37-/m0/s1. The van der Waals surface area contributed by atoms with Gasteiger partial charge in [-0.15, -0.1) is 0 Å². The first-order chi connectivity index (χ1) is 22.9. The summed E-state index contributed by atoms with van der Waals surface area (Å²) in [5.74, 6) is 1.44. The minimum atomic E-state index is -0.865. The van der Waals surface area contributed by atoms with Gasteiger partial charge in [0.2, 0.25) is 0 Å². The molecule has 11 heteroatoms. The number of methoxy groups -OCH3 is 1. The van der Waals surface area contributed by atoms with Crippen LogP contribution in [0.3, 0.4) is 0 Å². The highest BCUT2D eigenvalue weighted by atomic mass is 16.5. The fourth-order valence-corrected chi connectivity index (χ4v) is 7.50. The Morgan fingerprint density at radius 2 is 1.33 bits per heavy atom. The van der Waals surface area contributed by atoms with Crippen LogP contribution >= 0.6 is 0 Å². The molecule has 0 unspecified atom stereocenters. The summed E-state index contributed by atoms with van der Waals surface area (Å²) >= 11 is 0. The molecule has 2 fully saturated rings. The van der Waals surface area contributed by atoms with Gasteiger partial charge in [-0.1, -0.05) is 24.3 Å². The number of anilines is 2. The van der Waals surface area contributed by atoms with Crippen molar-refractivity contribution in [3.05, 3.63) is 65.3 Å². The van der Waals surface area contributed by atoms with Crippen molar-refractivity contribution >= 4 is 23.2 Å². The third kappa shape index (κ3) is 5.98. The number of amides is 2. The number of rotatable bonds is 10. The van der Waals surface area contributed by atoms with E-state index in [-0.39, 0.29) is 29.9 Å². The van der Waals surface area contributed by atoms with Crippen molar-refractivity contribution in [2.75, 3.05) is 50.3 Å². The van der Waals surface area contributed by atoms with Crippen LogP contribution in [0.4, 0.5) is 11.4 Å². The van der Waals surface area contributed by atoms with Crippen LogP contribution in [0.2, 0.25) is 0 Å². The molecule has 258 valence electrons. The zero-order valence-corrected chi connectivity index (χ0v) is 28.7. The number of carbonyl (C=O) groups excluding carboxylic acids is 2. The van der Waals surface area contributed by atoms with Crippen LogP contribution < -0.4 is 24.0 Å². The number of likely N-dealkylation sites (N-methyl/N-ethyl adjacent to an activating group) is 1. The van der Waals surface area contributed by atoms with Gasteiger partial charge in [0, 0.05) is 38.3 Å². The summed E-state index contributed by atoms with van der Waals surface area (Å²) in [7, 11) is 3.33. The monoisotopic (exact) mass is 660 g/mol. The van der Waals surface area contributed by atoms with Crippen molar-refractivity contribution in [3.8, 4) is 17.2 Å². The van der Waals surface area contributed by atoms with Crippen LogP contribution in [0.1, 0.15) is 72.2 Å². The summed E-state index contributed by atoms with van der Waals surface area (Å²) in [4.78, 5) is 34.1. The van der Waals surface area contributed by atoms with Crippen molar-refractivity contribution in [2.45, 2.75) is 83.5 Å². The van der Waals surface area contributed by atoms with Crippen LogP contribution in [0.15, 0.2) is 48.6 Å². The Morgan fingerprint density at radius 1 is 0.792 bits per heavy atom. The number of hydrogen-bond donors (Lipinski definition) is 2. The second-order valence-corrected chi connectivity index (χ2v) is 13.8. The molecule has 4 aliphatic heterocycles. The van der Waals surface area contributed by atoms with E-state index in [4.69, 9.17) is 14.2 Å². The molecule has 2 aromatic carbocycles. The SMILES string of the molecule is C=C1C[C@H]2[C@H](O)N(C)c3cc(OCCCCCOc4cc5c(cc4C)C(=O)N4CC(=C)C[C@H]4[C@H](O)N5C(C)C)c(OC)cc3C(=O)N2C1. The van der Waals surface area contributed by atoms with E-state index in [0.29, 0.717) is 78.9 Å². The highest BCUT2D eigenvalue weighted by molar-refractivity contribution is 6.03. The van der Waals surface area contributed by atoms with Gasteiger partial charge in [-0.2, -0.15) is 0 Å². The third-order valence-electron chi connectivity index (χ3n) is 10.0. The highest BCUT2D eigenvalue weighted by Gasteiger charge is 2.45. The zero-order valence-electron chi connectivity index (χ0n) is 28.7. The minimum absolute atomic E-state index is 0.0297. The average Bonchev–Trinajstić information content (AvgIpc) is 3.62. The summed E-state index contributed by atoms with van der Waals surface area (Å²) in [6.45, 7) is 15.9. The number of benzene rings is 2. The topological polar surface area (TPSA) is 115 Å². The molecule has 0 aromatic heterocycles. The van der Waals surface area contributed by atoms with Crippen LogP contribution in [0, 0.1) is 6.92 Å². The molecule has 4 atom stereocenters. The van der Waals surface area contributed by atoms with Crippen molar-refractivity contribution in [3.63, 3.8) is 0 Å². The Kier molecular flexibility index (Phi) is 9.37. The summed E-state index contributed by atoms with van der Waals surface area (Å²) in [5, 5.41) is 22.5. The molecular weight excluding hydrogens is 612 g/mol. The molecule has 2 aromatic rings. The van der Waals surface area contributed by atoms with Gasteiger partial charge in [-0.05, 0) is 70.6 Å². The molecule has 4 heterocycles. The van der Waals surface area contributed by atoms with Crippen molar-refractivity contribution < 1.29 is 34.0 Å². The van der Waals surface area contributed by atoms with Gasteiger partial charge in [0.25, 0.3) is 11.8 Å². The first kappa shape index (κ1) is 33.7. The second-order valence-electron chi connectivity index (χ2n) is 13.8. The summed E-state index contributed by atoms with van der Waals surface area (Å²) in [6, 6.07) is 6.55. The Balaban J connectivity index is 1.06. The fourth-order valence-electron chi connectivity index (χ4n) is 7.50. The van der Waals surface area contributed by atoms with Crippen LogP contribution in [-0.2, 0) is 0 Å². The van der Waals surface area contributed by atoms with Crippen molar-refractivity contribution in [2.24, 2.45) is 0 Å². The van der Waals surface area contributed by atoms with Gasteiger partial charge in [0.15, 0.2) is 11.5 Å². The van der Waals surface area contributed by atoms with E-state index in [2.05, 4.69) is 13.2 Å². The van der Waals surface area contributed by atoms with Gasteiger partial charge in [0.05, 0.1) is 54.9 Å². The van der Waals surface area contributed by atoms with Gasteiger partial charge in [-0.3, -0.25) is 9.59 Å². The molecule has 2 N–H and O–H groups in total. The molecule has 0 saturated carbocycles. The number of aliphatic hydroxyl groups is 2. The van der Waals surface area contributed by atoms with Crippen LogP contribution in [-0.4, -0.2) is 103 Å². The van der Waals surface area contributed by atoms with Crippen LogP contribution in [0.5, 0.6) is 17.2 Å². The smallest absolute Gasteiger partial charge is 0.256 e.